The molecule has 0 bridgehead atoms. The van der Waals surface area contributed by atoms with E-state index in [-0.39, 0.29) is 0 Å². The normalized spacial score (nSPS) is 10.7. The molecular formula is C9H8N6. The Kier molecular flexibility index (Phi) is 2.62. The molecule has 0 aliphatic rings. The van der Waals surface area contributed by atoms with Crippen LogP contribution in [-0.2, 0) is 0 Å². The Morgan fingerprint density at radius 3 is 3.33 bits per heavy atom. The standard InChI is InChI=1S/C9H8N6/c10-14-13-5-1-3-8-7-12-9-11-4-2-6-15(8)9/h1-4,6-7H,5H2. The third-order valence-corrected chi connectivity index (χ3v) is 1.86. The van der Waals surface area contributed by atoms with Crippen molar-refractivity contribution in [3.63, 3.8) is 0 Å². The van der Waals surface area contributed by atoms with Gasteiger partial charge in [-0.25, -0.2) is 9.97 Å². The van der Waals surface area contributed by atoms with E-state index < -0.39 is 0 Å². The minimum Gasteiger partial charge on any atom is -0.284 e. The van der Waals surface area contributed by atoms with Crippen LogP contribution in [0.15, 0.2) is 35.8 Å². The summed E-state index contributed by atoms with van der Waals surface area (Å²) >= 11 is 0. The molecule has 0 aliphatic carbocycles. The highest BCUT2D eigenvalue weighted by Gasteiger charge is 1.97. The Hall–Kier alpha value is -2.33. The zero-order valence-corrected chi connectivity index (χ0v) is 7.85. The van der Waals surface area contributed by atoms with E-state index in [0.29, 0.717) is 12.3 Å². The molecule has 6 nitrogen and oxygen atoms in total. The predicted molar refractivity (Wildman–Crippen MR) is 56.0 cm³/mol. The average molecular weight is 200 g/mol. The Morgan fingerprint density at radius 2 is 2.47 bits per heavy atom. The van der Waals surface area contributed by atoms with Crippen molar-refractivity contribution in [3.05, 3.63) is 46.9 Å². The first-order chi connectivity index (χ1) is 7.42. The molecule has 15 heavy (non-hydrogen) atoms. The Bertz CT molecular complexity index is 534. The summed E-state index contributed by atoms with van der Waals surface area (Å²) in [5.41, 5.74) is 9.00. The third-order valence-electron chi connectivity index (χ3n) is 1.86. The molecule has 0 aromatic carbocycles. The summed E-state index contributed by atoms with van der Waals surface area (Å²) in [5.74, 6) is 0.654. The molecule has 2 rings (SSSR count). The lowest BCUT2D eigenvalue weighted by molar-refractivity contribution is 1.10. The van der Waals surface area contributed by atoms with Gasteiger partial charge in [-0.1, -0.05) is 11.2 Å². The van der Waals surface area contributed by atoms with Crippen LogP contribution in [0.5, 0.6) is 0 Å². The summed E-state index contributed by atoms with van der Waals surface area (Å²) in [6.07, 6.45) is 8.90. The molecule has 2 aromatic heterocycles. The highest BCUT2D eigenvalue weighted by atomic mass is 15.1. The van der Waals surface area contributed by atoms with Crippen molar-refractivity contribution in [2.75, 3.05) is 6.54 Å². The van der Waals surface area contributed by atoms with Crippen LogP contribution in [0.25, 0.3) is 22.3 Å². The number of hydrogen-bond acceptors (Lipinski definition) is 3. The van der Waals surface area contributed by atoms with Crippen LogP contribution < -0.4 is 0 Å². The molecule has 0 saturated heterocycles. The van der Waals surface area contributed by atoms with Gasteiger partial charge >= 0.3 is 0 Å². The second kappa shape index (κ2) is 4.26. The first-order valence-corrected chi connectivity index (χ1v) is 4.37. The highest BCUT2D eigenvalue weighted by Crippen LogP contribution is 2.04. The lowest BCUT2D eigenvalue weighted by Crippen LogP contribution is -1.88. The molecule has 2 aromatic rings. The maximum atomic E-state index is 8.09. The molecule has 0 radical (unpaired) electrons. The quantitative estimate of drug-likeness (QED) is 0.431. The zero-order valence-electron chi connectivity index (χ0n) is 7.85. The van der Waals surface area contributed by atoms with Crippen LogP contribution in [0, 0.1) is 0 Å². The second-order valence-corrected chi connectivity index (χ2v) is 2.79. The van der Waals surface area contributed by atoms with Gasteiger partial charge in [0.05, 0.1) is 11.9 Å². The number of hydrogen-bond donors (Lipinski definition) is 0. The molecule has 0 atom stereocenters. The Balaban J connectivity index is 2.28. The molecule has 0 spiro atoms. The van der Waals surface area contributed by atoms with Gasteiger partial charge in [-0.2, -0.15) is 0 Å². The van der Waals surface area contributed by atoms with Gasteiger partial charge in [0.1, 0.15) is 0 Å². The van der Waals surface area contributed by atoms with E-state index in [1.165, 1.54) is 0 Å². The number of aromatic nitrogens is 3. The van der Waals surface area contributed by atoms with Gasteiger partial charge in [-0.3, -0.25) is 4.40 Å². The van der Waals surface area contributed by atoms with Crippen LogP contribution in [0.2, 0.25) is 0 Å². The van der Waals surface area contributed by atoms with E-state index in [2.05, 4.69) is 20.0 Å². The van der Waals surface area contributed by atoms with Gasteiger partial charge in [0, 0.05) is 23.9 Å². The van der Waals surface area contributed by atoms with Crippen molar-refractivity contribution in [3.8, 4) is 0 Å². The van der Waals surface area contributed by atoms with Crippen LogP contribution >= 0.6 is 0 Å². The van der Waals surface area contributed by atoms with Gasteiger partial charge < -0.3 is 0 Å². The lowest BCUT2D eigenvalue weighted by Gasteiger charge is -1.93. The SMILES string of the molecule is [N-]=[N+]=NCC=Cc1cnc2ncccn12. The Labute approximate surface area is 85.5 Å². The number of imidazole rings is 1. The number of azide groups is 1. The Morgan fingerprint density at radius 1 is 1.53 bits per heavy atom. The van der Waals surface area contributed by atoms with E-state index >= 15 is 0 Å². The molecule has 0 aliphatic heterocycles. The molecule has 6 heteroatoms. The summed E-state index contributed by atoms with van der Waals surface area (Å²) < 4.78 is 1.85. The fourth-order valence-electron chi connectivity index (χ4n) is 1.23. The molecule has 74 valence electrons. The molecule has 0 saturated carbocycles. The van der Waals surface area contributed by atoms with E-state index in [0.717, 1.165) is 5.69 Å². The van der Waals surface area contributed by atoms with Crippen molar-refractivity contribution in [2.24, 2.45) is 5.11 Å². The van der Waals surface area contributed by atoms with Crippen LogP contribution in [-0.4, -0.2) is 20.9 Å². The fourth-order valence-corrected chi connectivity index (χ4v) is 1.23. The monoisotopic (exact) mass is 200 g/mol. The minimum absolute atomic E-state index is 0.337. The molecule has 2 heterocycles. The van der Waals surface area contributed by atoms with Crippen molar-refractivity contribution in [1.29, 1.82) is 0 Å². The van der Waals surface area contributed by atoms with Gasteiger partial charge in [0.15, 0.2) is 0 Å². The van der Waals surface area contributed by atoms with Gasteiger partial charge in [-0.05, 0) is 17.7 Å². The third kappa shape index (κ3) is 1.95. The molecular weight excluding hydrogens is 192 g/mol. The first-order valence-electron chi connectivity index (χ1n) is 4.37. The maximum absolute atomic E-state index is 8.09. The zero-order chi connectivity index (χ0) is 10.5. The number of nitrogens with zero attached hydrogens (tertiary/aromatic N) is 6. The summed E-state index contributed by atoms with van der Waals surface area (Å²) in [6, 6.07) is 1.83. The minimum atomic E-state index is 0.337. The first kappa shape index (κ1) is 9.23. The molecule has 0 unspecified atom stereocenters. The van der Waals surface area contributed by atoms with Crippen molar-refractivity contribution >= 4 is 11.9 Å². The predicted octanol–water partition coefficient (Wildman–Crippen LogP) is 2.05. The topological polar surface area (TPSA) is 79.0 Å². The van der Waals surface area contributed by atoms with E-state index in [1.54, 1.807) is 18.5 Å². The van der Waals surface area contributed by atoms with Crippen molar-refractivity contribution in [1.82, 2.24) is 14.4 Å². The largest absolute Gasteiger partial charge is 0.284 e. The van der Waals surface area contributed by atoms with Crippen molar-refractivity contribution in [2.45, 2.75) is 0 Å². The van der Waals surface area contributed by atoms with Gasteiger partial charge in [0.2, 0.25) is 5.78 Å². The van der Waals surface area contributed by atoms with Crippen LogP contribution in [0.4, 0.5) is 0 Å². The van der Waals surface area contributed by atoms with Gasteiger partial charge in [-0.15, -0.1) is 0 Å². The molecule has 0 amide bonds. The molecule has 0 N–H and O–H groups in total. The van der Waals surface area contributed by atoms with Crippen LogP contribution in [0.1, 0.15) is 5.69 Å². The summed E-state index contributed by atoms with van der Waals surface area (Å²) in [7, 11) is 0. The second-order valence-electron chi connectivity index (χ2n) is 2.79. The fraction of sp³-hybridized carbons (Fsp3) is 0.111. The molecule has 0 fully saturated rings. The highest BCUT2D eigenvalue weighted by molar-refractivity contribution is 5.49. The van der Waals surface area contributed by atoms with E-state index in [4.69, 9.17) is 5.53 Å². The smallest absolute Gasteiger partial charge is 0.234 e. The summed E-state index contributed by atoms with van der Waals surface area (Å²) in [5, 5.41) is 3.40. The lowest BCUT2D eigenvalue weighted by atomic mass is 10.4. The average Bonchev–Trinajstić information content (AvgIpc) is 2.68. The van der Waals surface area contributed by atoms with Crippen LogP contribution in [0.3, 0.4) is 0 Å². The van der Waals surface area contributed by atoms with E-state index in [1.807, 2.05) is 22.7 Å². The van der Waals surface area contributed by atoms with E-state index in [9.17, 15) is 0 Å². The number of rotatable bonds is 3. The van der Waals surface area contributed by atoms with Gasteiger partial charge in [0.25, 0.3) is 0 Å². The summed E-state index contributed by atoms with van der Waals surface area (Å²) in [6.45, 7) is 0.337. The maximum Gasteiger partial charge on any atom is 0.234 e. The number of fused-ring (bicyclic) bond motifs is 1. The van der Waals surface area contributed by atoms with Crippen molar-refractivity contribution < 1.29 is 0 Å². The summed E-state index contributed by atoms with van der Waals surface area (Å²) in [4.78, 5) is 10.9.